The van der Waals surface area contributed by atoms with Crippen molar-refractivity contribution in [2.45, 2.75) is 96.2 Å². The molecule has 2 heterocycles. The fraction of sp³-hybridized carbons (Fsp3) is 0.417. The van der Waals surface area contributed by atoms with Crippen LogP contribution in [0.1, 0.15) is 105 Å². The quantitative estimate of drug-likeness (QED) is 0.0284. The Morgan fingerprint density at radius 1 is 0.589 bits per heavy atom. The summed E-state index contributed by atoms with van der Waals surface area (Å²) in [6.45, 7) is 5.91. The minimum absolute atomic E-state index is 0.0883. The summed E-state index contributed by atoms with van der Waals surface area (Å²) >= 11 is 0. The minimum Gasteiger partial charge on any atom is -0.494 e. The molecule has 294 valence electrons. The number of hydrogen-bond acceptors (Lipinski definition) is 7. The number of esters is 1. The van der Waals surface area contributed by atoms with E-state index in [4.69, 9.17) is 23.7 Å². The summed E-state index contributed by atoms with van der Waals surface area (Å²) in [5, 5.41) is 3.92. The molecule has 2 aliphatic rings. The molecule has 56 heavy (non-hydrogen) atoms. The molecule has 0 aliphatic carbocycles. The second kappa shape index (κ2) is 19.8. The summed E-state index contributed by atoms with van der Waals surface area (Å²) in [5.74, 6) is 1.49. The normalized spacial score (nSPS) is 15.8. The highest BCUT2D eigenvalue weighted by molar-refractivity contribution is 6.08. The maximum atomic E-state index is 14.3. The molecule has 8 nitrogen and oxygen atoms in total. The molecule has 0 N–H and O–H groups in total. The molecule has 1 amide bonds. The van der Waals surface area contributed by atoms with Crippen LogP contribution in [-0.4, -0.2) is 57.1 Å². The van der Waals surface area contributed by atoms with E-state index in [1.807, 2.05) is 83.8 Å². The average Bonchev–Trinajstić information content (AvgIpc) is 4.17. The number of epoxide rings is 2. The van der Waals surface area contributed by atoms with Crippen molar-refractivity contribution < 1.29 is 33.3 Å². The maximum Gasteiger partial charge on any atom is 0.343 e. The van der Waals surface area contributed by atoms with Crippen LogP contribution < -0.4 is 19.1 Å². The van der Waals surface area contributed by atoms with Crippen LogP contribution in [0, 0.1) is 0 Å². The van der Waals surface area contributed by atoms with Crippen LogP contribution in [0.15, 0.2) is 97.1 Å². The molecule has 5 aromatic carbocycles. The first-order valence-electron chi connectivity index (χ1n) is 20.7. The van der Waals surface area contributed by atoms with Crippen LogP contribution in [0.2, 0.25) is 0 Å². The highest BCUT2D eigenvalue weighted by Gasteiger charge is 2.22. The van der Waals surface area contributed by atoms with Crippen LogP contribution in [0.5, 0.6) is 17.2 Å². The Labute approximate surface area is 331 Å². The SMILES string of the molecule is CCCCCCCCN(C(=O)c1ccc2cc(OCCCCC3CO3)ccc2c1)c1cccc(OC(=O)c2ccc3cc(OCCCCC4CO4)ccc3c2)c1. The van der Waals surface area contributed by atoms with Crippen LogP contribution in [-0.2, 0) is 9.47 Å². The van der Waals surface area contributed by atoms with E-state index in [0.29, 0.717) is 54.5 Å². The van der Waals surface area contributed by atoms with E-state index in [-0.39, 0.29) is 5.91 Å². The number of carbonyl (C=O) groups is 2. The van der Waals surface area contributed by atoms with Gasteiger partial charge >= 0.3 is 5.97 Å². The third-order valence-electron chi connectivity index (χ3n) is 10.6. The topological polar surface area (TPSA) is 90.1 Å². The second-order valence-electron chi connectivity index (χ2n) is 15.2. The zero-order valence-corrected chi connectivity index (χ0v) is 32.7. The van der Waals surface area contributed by atoms with Gasteiger partial charge in [0.05, 0.1) is 44.2 Å². The summed E-state index contributed by atoms with van der Waals surface area (Å²) in [5.41, 5.74) is 1.75. The third kappa shape index (κ3) is 11.6. The number of hydrogen-bond donors (Lipinski definition) is 0. The lowest BCUT2D eigenvalue weighted by Gasteiger charge is -2.24. The number of amides is 1. The molecular formula is C48H55NO7. The molecule has 8 heteroatoms. The first-order valence-corrected chi connectivity index (χ1v) is 20.7. The van der Waals surface area contributed by atoms with Gasteiger partial charge in [0, 0.05) is 23.9 Å². The standard InChI is InChI=1S/C48H55NO7/c1-2-3-4-5-6-9-25-49(47(50)39-19-17-37-30-42(23-21-35(37)28-39)52-26-10-7-14-45-33-54-45)41-13-12-16-44(32-41)56-48(51)40-20-18-38-31-43(24-22-36(38)29-40)53-27-11-8-15-46-34-55-46/h12-13,16-24,28-32,45-46H,2-11,14-15,25-27,33-34H2,1H3. The van der Waals surface area contributed by atoms with Gasteiger partial charge in [-0.25, -0.2) is 4.79 Å². The first-order chi connectivity index (χ1) is 27.5. The van der Waals surface area contributed by atoms with Gasteiger partial charge in [0.2, 0.25) is 0 Å². The minimum atomic E-state index is -0.455. The van der Waals surface area contributed by atoms with Gasteiger partial charge in [-0.3, -0.25) is 4.79 Å². The first kappa shape index (κ1) is 39.3. The molecule has 7 rings (SSSR count). The highest BCUT2D eigenvalue weighted by Crippen LogP contribution is 2.29. The fourth-order valence-corrected chi connectivity index (χ4v) is 7.12. The smallest absolute Gasteiger partial charge is 0.343 e. The summed E-state index contributed by atoms with van der Waals surface area (Å²) in [7, 11) is 0. The number of fused-ring (bicyclic) bond motifs is 2. The molecule has 2 fully saturated rings. The van der Waals surface area contributed by atoms with Gasteiger partial charge in [-0.1, -0.05) is 69.4 Å². The molecule has 0 spiro atoms. The molecule has 0 radical (unpaired) electrons. The van der Waals surface area contributed by atoms with Gasteiger partial charge in [-0.2, -0.15) is 0 Å². The lowest BCUT2D eigenvalue weighted by Crippen LogP contribution is -2.32. The summed E-state index contributed by atoms with van der Waals surface area (Å²) in [4.78, 5) is 29.5. The summed E-state index contributed by atoms with van der Waals surface area (Å²) < 4.78 is 28.5. The van der Waals surface area contributed by atoms with Gasteiger partial charge in [0.15, 0.2) is 0 Å². The Bertz CT molecular complexity index is 2070. The van der Waals surface area contributed by atoms with Crippen molar-refractivity contribution in [3.05, 3.63) is 108 Å². The molecule has 2 unspecified atom stereocenters. The average molecular weight is 758 g/mol. The second-order valence-corrected chi connectivity index (χ2v) is 15.2. The zero-order chi connectivity index (χ0) is 38.5. The largest absolute Gasteiger partial charge is 0.494 e. The highest BCUT2D eigenvalue weighted by atomic mass is 16.6. The number of unbranched alkanes of at least 4 members (excludes halogenated alkanes) is 7. The van der Waals surface area contributed by atoms with E-state index in [2.05, 4.69) is 6.92 Å². The van der Waals surface area contributed by atoms with Crippen molar-refractivity contribution in [3.8, 4) is 17.2 Å². The van der Waals surface area contributed by atoms with Crippen molar-refractivity contribution in [3.63, 3.8) is 0 Å². The summed E-state index contributed by atoms with van der Waals surface area (Å²) in [6, 6.07) is 30.6. The van der Waals surface area contributed by atoms with E-state index in [1.165, 1.54) is 19.3 Å². The van der Waals surface area contributed by atoms with Gasteiger partial charge in [0.1, 0.15) is 17.2 Å². The predicted molar refractivity (Wildman–Crippen MR) is 223 cm³/mol. The molecular weight excluding hydrogens is 703 g/mol. The maximum absolute atomic E-state index is 14.3. The van der Waals surface area contributed by atoms with Gasteiger partial charge < -0.3 is 28.6 Å². The number of anilines is 1. The number of ether oxygens (including phenoxy) is 5. The molecule has 0 aromatic heterocycles. The Balaban J connectivity index is 1.000. The molecule has 2 saturated heterocycles. The lowest BCUT2D eigenvalue weighted by atomic mass is 10.0. The number of nitrogens with zero attached hydrogens (tertiary/aromatic N) is 1. The number of rotatable bonds is 23. The van der Waals surface area contributed by atoms with Crippen molar-refractivity contribution in [2.24, 2.45) is 0 Å². The number of carbonyl (C=O) groups excluding carboxylic acids is 2. The van der Waals surface area contributed by atoms with Crippen molar-refractivity contribution >= 4 is 39.1 Å². The van der Waals surface area contributed by atoms with E-state index in [9.17, 15) is 9.59 Å². The molecule has 2 atom stereocenters. The van der Waals surface area contributed by atoms with Crippen LogP contribution in [0.25, 0.3) is 21.5 Å². The van der Waals surface area contributed by atoms with Gasteiger partial charge in [0.25, 0.3) is 5.91 Å². The zero-order valence-electron chi connectivity index (χ0n) is 32.7. The van der Waals surface area contributed by atoms with Gasteiger partial charge in [-0.15, -0.1) is 0 Å². The lowest BCUT2D eigenvalue weighted by molar-refractivity contribution is 0.0735. The van der Waals surface area contributed by atoms with E-state index in [0.717, 1.165) is 104 Å². The van der Waals surface area contributed by atoms with Crippen LogP contribution in [0.4, 0.5) is 5.69 Å². The van der Waals surface area contributed by atoms with Crippen molar-refractivity contribution in [2.75, 3.05) is 37.9 Å². The molecule has 2 aliphatic heterocycles. The predicted octanol–water partition coefficient (Wildman–Crippen LogP) is 11.1. The Kier molecular flexibility index (Phi) is 13.9. The summed E-state index contributed by atoms with van der Waals surface area (Å²) in [6.07, 6.45) is 14.0. The Hall–Kier alpha value is -4.92. The van der Waals surface area contributed by atoms with Gasteiger partial charge in [-0.05, 0) is 127 Å². The molecule has 0 bridgehead atoms. The van der Waals surface area contributed by atoms with Crippen molar-refractivity contribution in [1.82, 2.24) is 0 Å². The molecule has 0 saturated carbocycles. The Morgan fingerprint density at radius 3 is 1.77 bits per heavy atom. The van der Waals surface area contributed by atoms with Crippen LogP contribution >= 0.6 is 0 Å². The Morgan fingerprint density at radius 2 is 1.14 bits per heavy atom. The van der Waals surface area contributed by atoms with E-state index >= 15 is 0 Å². The monoisotopic (exact) mass is 757 g/mol. The van der Waals surface area contributed by atoms with Crippen LogP contribution in [0.3, 0.4) is 0 Å². The fourth-order valence-electron chi connectivity index (χ4n) is 7.12. The number of benzene rings is 5. The third-order valence-corrected chi connectivity index (χ3v) is 10.6. The van der Waals surface area contributed by atoms with E-state index in [1.54, 1.807) is 18.2 Å². The van der Waals surface area contributed by atoms with E-state index < -0.39 is 5.97 Å². The molecule has 5 aromatic rings. The van der Waals surface area contributed by atoms with Crippen molar-refractivity contribution in [1.29, 1.82) is 0 Å².